The Morgan fingerprint density at radius 1 is 1.21 bits per heavy atom. The Balaban J connectivity index is 1.70. The van der Waals surface area contributed by atoms with Gasteiger partial charge in [-0.25, -0.2) is 0 Å². The third-order valence-electron chi connectivity index (χ3n) is 6.15. The van der Waals surface area contributed by atoms with Gasteiger partial charge in [0.25, 0.3) is 11.8 Å². The normalized spacial score (nSPS) is 20.1. The van der Waals surface area contributed by atoms with Crippen molar-refractivity contribution in [2.24, 2.45) is 7.05 Å². The van der Waals surface area contributed by atoms with Crippen molar-refractivity contribution in [1.29, 1.82) is 0 Å². The molecule has 1 aromatic carbocycles. The summed E-state index contributed by atoms with van der Waals surface area (Å²) in [5.41, 5.74) is -3.83. The number of nitrogens with zero attached hydrogens (tertiary/aromatic N) is 5. The molecule has 1 saturated heterocycles. The van der Waals surface area contributed by atoms with E-state index in [9.17, 15) is 18.4 Å². The van der Waals surface area contributed by atoms with Crippen LogP contribution >= 0.6 is 20.8 Å². The van der Waals surface area contributed by atoms with Crippen molar-refractivity contribution < 1.29 is 18.4 Å². The molecule has 1 fully saturated rings. The molecular formula is C22H19ClF2N5O2P. The Kier molecular flexibility index (Phi) is 5.03. The van der Waals surface area contributed by atoms with Crippen molar-refractivity contribution in [3.05, 3.63) is 81.9 Å². The maximum atomic E-state index is 14.3. The highest BCUT2D eigenvalue weighted by Gasteiger charge is 2.56. The second-order valence-electron chi connectivity index (χ2n) is 8.10. The van der Waals surface area contributed by atoms with Crippen LogP contribution in [0.1, 0.15) is 37.7 Å². The molecule has 3 aromatic rings. The number of carbonyl (C=O) groups excluding carboxylic acids is 2. The fraction of sp³-hybridized carbons (Fsp3) is 0.273. The first-order chi connectivity index (χ1) is 15.6. The van der Waals surface area contributed by atoms with Crippen molar-refractivity contribution in [3.63, 3.8) is 0 Å². The van der Waals surface area contributed by atoms with Crippen LogP contribution in [0.3, 0.4) is 0 Å². The van der Waals surface area contributed by atoms with E-state index in [-0.39, 0.29) is 31.0 Å². The summed E-state index contributed by atoms with van der Waals surface area (Å²) in [6, 6.07) is 10.2. The number of aryl methyl sites for hydroxylation is 1. The summed E-state index contributed by atoms with van der Waals surface area (Å²) in [5.74, 6) is -0.901. The van der Waals surface area contributed by atoms with E-state index in [1.54, 1.807) is 47.5 Å². The summed E-state index contributed by atoms with van der Waals surface area (Å²) in [5, 5.41) is 4.32. The smallest absolute Gasteiger partial charge is 0.302 e. The van der Waals surface area contributed by atoms with Crippen LogP contribution in [0.4, 0.5) is 8.78 Å². The molecule has 2 atom stereocenters. The molecule has 0 bridgehead atoms. The van der Waals surface area contributed by atoms with E-state index in [1.165, 1.54) is 32.1 Å². The number of carbonyl (C=O) groups is 2. The van der Waals surface area contributed by atoms with Gasteiger partial charge in [-0.15, -0.1) is 0 Å². The summed E-state index contributed by atoms with van der Waals surface area (Å²) in [7, 11) is 2.91. The van der Waals surface area contributed by atoms with Crippen LogP contribution in [0.2, 0.25) is 5.02 Å². The van der Waals surface area contributed by atoms with Crippen LogP contribution in [-0.2, 0) is 24.8 Å². The van der Waals surface area contributed by atoms with Crippen molar-refractivity contribution in [2.45, 2.75) is 17.7 Å². The van der Waals surface area contributed by atoms with Crippen molar-refractivity contribution >= 4 is 32.7 Å². The molecule has 5 rings (SSSR count). The number of hydrogen-bond acceptors (Lipinski definition) is 4. The quantitative estimate of drug-likeness (QED) is 0.529. The number of hydrogen-bond donors (Lipinski definition) is 0. The van der Waals surface area contributed by atoms with Crippen molar-refractivity contribution in [1.82, 2.24) is 24.6 Å². The number of aromatic nitrogens is 3. The fourth-order valence-electron chi connectivity index (χ4n) is 4.77. The third kappa shape index (κ3) is 3.33. The van der Waals surface area contributed by atoms with E-state index in [1.807, 2.05) is 0 Å². The van der Waals surface area contributed by atoms with E-state index in [2.05, 4.69) is 10.1 Å². The number of halogens is 3. The average molecular weight is 490 g/mol. The number of rotatable bonds is 3. The Labute approximate surface area is 195 Å². The van der Waals surface area contributed by atoms with Crippen LogP contribution in [0, 0.1) is 0 Å². The molecule has 33 heavy (non-hydrogen) atoms. The fourth-order valence-corrected chi connectivity index (χ4v) is 5.10. The van der Waals surface area contributed by atoms with Crippen LogP contribution in [0.5, 0.6) is 0 Å². The van der Waals surface area contributed by atoms with E-state index in [0.29, 0.717) is 21.8 Å². The highest BCUT2D eigenvalue weighted by Crippen LogP contribution is 2.46. The lowest BCUT2D eigenvalue weighted by Gasteiger charge is -2.46. The number of benzene rings is 1. The molecule has 2 aromatic heterocycles. The van der Waals surface area contributed by atoms with Gasteiger partial charge in [-0.2, -0.15) is 13.9 Å². The summed E-state index contributed by atoms with van der Waals surface area (Å²) < 4.78 is 29.7. The number of pyridine rings is 1. The molecule has 0 radical (unpaired) electrons. The molecule has 11 heteroatoms. The molecule has 0 saturated carbocycles. The summed E-state index contributed by atoms with van der Waals surface area (Å²) >= 11 is 6.10. The van der Waals surface area contributed by atoms with Crippen LogP contribution in [0.15, 0.2) is 48.8 Å². The highest BCUT2D eigenvalue weighted by molar-refractivity contribution is 7.17. The van der Waals surface area contributed by atoms with Gasteiger partial charge < -0.3 is 9.80 Å². The molecule has 170 valence electrons. The summed E-state index contributed by atoms with van der Waals surface area (Å²) in [6.45, 7) is 0.409. The maximum absolute atomic E-state index is 14.3. The van der Waals surface area contributed by atoms with Gasteiger partial charge in [0.05, 0.1) is 16.8 Å². The third-order valence-corrected chi connectivity index (χ3v) is 6.67. The first-order valence-electron chi connectivity index (χ1n) is 10.2. The van der Waals surface area contributed by atoms with E-state index < -0.39 is 22.9 Å². The molecule has 0 aliphatic carbocycles. The van der Waals surface area contributed by atoms with Gasteiger partial charge >= 0.3 is 5.66 Å². The zero-order valence-electron chi connectivity index (χ0n) is 17.5. The van der Waals surface area contributed by atoms with Gasteiger partial charge in [0.15, 0.2) is 0 Å². The Hall–Kier alpha value is -2.90. The molecule has 2 unspecified atom stereocenters. The molecule has 2 amide bonds. The Bertz CT molecular complexity index is 1280. The van der Waals surface area contributed by atoms with E-state index in [0.717, 1.165) is 0 Å². The lowest BCUT2D eigenvalue weighted by atomic mass is 9.86. The first-order valence-corrected chi connectivity index (χ1v) is 11.1. The standard InChI is InChI=1S/C22H19ClF2N5O2P/c1-28-12-16(18(27-28)22(24,25)33)20(32)30-10-9-29-19(31)15-3-2-8-26-17(15)11-21(29,30)13-4-6-14(23)7-5-13/h2-8,12H,9-11,33H2,1H3. The minimum atomic E-state index is -3.39. The largest absolute Gasteiger partial charge is 0.309 e. The molecule has 2 aliphatic rings. The molecule has 0 spiro atoms. The van der Waals surface area contributed by atoms with Gasteiger partial charge in [0.1, 0.15) is 11.4 Å². The SMILES string of the molecule is Cn1cc(C(=O)N2CCN3C(=O)c4cccnc4CC32c2ccc(Cl)cc2)c(C(F)(F)P)n1. The zero-order chi connectivity index (χ0) is 23.5. The predicted octanol–water partition coefficient (Wildman–Crippen LogP) is 3.40. The zero-order valence-corrected chi connectivity index (χ0v) is 19.4. The van der Waals surface area contributed by atoms with Crippen LogP contribution in [-0.4, -0.2) is 49.5 Å². The minimum absolute atomic E-state index is 0.165. The van der Waals surface area contributed by atoms with Gasteiger partial charge in [-0.3, -0.25) is 19.3 Å². The molecule has 2 aliphatic heterocycles. The Morgan fingerprint density at radius 3 is 2.64 bits per heavy atom. The lowest BCUT2D eigenvalue weighted by molar-refractivity contribution is 0.00646. The summed E-state index contributed by atoms with van der Waals surface area (Å²) in [6.07, 6.45) is 3.09. The lowest BCUT2D eigenvalue weighted by Crippen LogP contribution is -2.58. The van der Waals surface area contributed by atoms with E-state index >= 15 is 0 Å². The van der Waals surface area contributed by atoms with Gasteiger partial charge in [0, 0.05) is 44.0 Å². The number of alkyl halides is 2. The number of fused-ring (bicyclic) bond motifs is 2. The van der Waals surface area contributed by atoms with Crippen molar-refractivity contribution in [3.8, 4) is 0 Å². The summed E-state index contributed by atoms with van der Waals surface area (Å²) in [4.78, 5) is 34.7. The second-order valence-corrected chi connectivity index (χ2v) is 9.26. The highest BCUT2D eigenvalue weighted by atomic mass is 35.5. The van der Waals surface area contributed by atoms with Gasteiger partial charge in [-0.1, -0.05) is 33.0 Å². The second kappa shape index (κ2) is 7.57. The van der Waals surface area contributed by atoms with Crippen LogP contribution in [0.25, 0.3) is 0 Å². The maximum Gasteiger partial charge on any atom is 0.302 e. The monoisotopic (exact) mass is 489 g/mol. The first kappa shape index (κ1) is 21.9. The molecule has 4 heterocycles. The number of amides is 2. The molecule has 0 N–H and O–H groups in total. The Morgan fingerprint density at radius 2 is 1.94 bits per heavy atom. The molecular weight excluding hydrogens is 471 g/mol. The predicted molar refractivity (Wildman–Crippen MR) is 120 cm³/mol. The van der Waals surface area contributed by atoms with Gasteiger partial charge in [-0.05, 0) is 29.8 Å². The minimum Gasteiger partial charge on any atom is -0.309 e. The van der Waals surface area contributed by atoms with Crippen molar-refractivity contribution in [2.75, 3.05) is 13.1 Å². The topological polar surface area (TPSA) is 71.3 Å². The van der Waals surface area contributed by atoms with E-state index in [4.69, 9.17) is 11.6 Å². The van der Waals surface area contributed by atoms with Gasteiger partial charge in [0.2, 0.25) is 0 Å². The average Bonchev–Trinajstić information content (AvgIpc) is 3.36. The molecule has 7 nitrogen and oxygen atoms in total. The van der Waals surface area contributed by atoms with Crippen LogP contribution < -0.4 is 0 Å².